The van der Waals surface area contributed by atoms with E-state index in [1.807, 2.05) is 32.7 Å². The van der Waals surface area contributed by atoms with E-state index in [9.17, 15) is 19.2 Å². The van der Waals surface area contributed by atoms with Crippen LogP contribution in [0.25, 0.3) is 0 Å². The minimum Gasteiger partial charge on any atom is -0.444 e. The largest absolute Gasteiger partial charge is 0.444 e. The van der Waals surface area contributed by atoms with Gasteiger partial charge in [0.05, 0.1) is 11.0 Å². The number of rotatable bonds is 14. The van der Waals surface area contributed by atoms with Gasteiger partial charge in [0.2, 0.25) is 11.8 Å². The predicted molar refractivity (Wildman–Crippen MR) is 135 cm³/mol. The fraction of sp³-hybridized carbons (Fsp3) is 0.720. The summed E-state index contributed by atoms with van der Waals surface area (Å²) in [4.78, 5) is 57.5. The Balaban J connectivity index is 2.11. The summed E-state index contributed by atoms with van der Waals surface area (Å²) in [5, 5.41) is 5.54. The van der Waals surface area contributed by atoms with Crippen LogP contribution in [0.3, 0.4) is 0 Å². The maximum Gasteiger partial charge on any atom is 0.307 e. The summed E-state index contributed by atoms with van der Waals surface area (Å²) < 4.78 is 5.38. The van der Waals surface area contributed by atoms with Gasteiger partial charge >= 0.3 is 5.97 Å². The van der Waals surface area contributed by atoms with Gasteiger partial charge in [-0.1, -0.05) is 33.6 Å². The van der Waals surface area contributed by atoms with Crippen LogP contribution in [0.1, 0.15) is 81.2 Å². The molecule has 3 atom stereocenters. The van der Waals surface area contributed by atoms with Gasteiger partial charge in [0.25, 0.3) is 0 Å². The summed E-state index contributed by atoms with van der Waals surface area (Å²) >= 11 is 1.41. The summed E-state index contributed by atoms with van der Waals surface area (Å²) in [6.07, 6.45) is 6.41. The standard InChI is InChI=1S/C25H40N4O5S/c1-5-10-22(31)34-17-29(14-9-12-21-26-19(15-30)16-35-21)25(33)23(18(3)6-2)27-24(32)20-11-7-8-13-28(20)4/h15-16,18,20,23H,5-14,17H2,1-4H3,(H,27,32). The zero-order valence-corrected chi connectivity index (χ0v) is 22.3. The molecule has 0 bridgehead atoms. The highest BCUT2D eigenvalue weighted by Gasteiger charge is 2.34. The third kappa shape index (κ3) is 9.00. The third-order valence-corrected chi connectivity index (χ3v) is 7.43. The van der Waals surface area contributed by atoms with E-state index < -0.39 is 6.04 Å². The number of hydrogen-bond donors (Lipinski definition) is 1. The van der Waals surface area contributed by atoms with Crippen molar-refractivity contribution >= 4 is 35.4 Å². The van der Waals surface area contributed by atoms with E-state index >= 15 is 0 Å². The van der Waals surface area contributed by atoms with Crippen LogP contribution in [-0.4, -0.2) is 77.8 Å². The number of piperidine rings is 1. The Labute approximate surface area is 212 Å². The van der Waals surface area contributed by atoms with Gasteiger partial charge in [-0.05, 0) is 45.2 Å². The van der Waals surface area contributed by atoms with Gasteiger partial charge in [0.1, 0.15) is 11.7 Å². The van der Waals surface area contributed by atoms with Gasteiger partial charge in [-0.3, -0.25) is 24.1 Å². The maximum absolute atomic E-state index is 13.7. The van der Waals surface area contributed by atoms with Crippen molar-refractivity contribution in [2.24, 2.45) is 5.92 Å². The number of carbonyl (C=O) groups is 4. The molecule has 10 heteroatoms. The van der Waals surface area contributed by atoms with Gasteiger partial charge in [-0.2, -0.15) is 0 Å². The number of thiazole rings is 1. The highest BCUT2D eigenvalue weighted by atomic mass is 32.1. The molecule has 3 unspecified atom stereocenters. The van der Waals surface area contributed by atoms with Crippen LogP contribution in [0.2, 0.25) is 0 Å². The molecule has 2 heterocycles. The molecule has 1 aromatic rings. The Hall–Kier alpha value is -2.33. The lowest BCUT2D eigenvalue weighted by Crippen LogP contribution is -2.57. The molecule has 0 saturated carbocycles. The number of amides is 2. The van der Waals surface area contributed by atoms with E-state index in [0.717, 1.165) is 30.8 Å². The van der Waals surface area contributed by atoms with Crippen LogP contribution >= 0.6 is 11.3 Å². The SMILES string of the molecule is CCCC(=O)OCN(CCCc1nc(C=O)cs1)C(=O)C(NC(=O)C1CCCCN1C)C(C)CC. The topological polar surface area (TPSA) is 109 Å². The Morgan fingerprint density at radius 2 is 2.11 bits per heavy atom. The second-order valence-electron chi connectivity index (χ2n) is 9.25. The summed E-state index contributed by atoms with van der Waals surface area (Å²) in [5.74, 6) is -0.807. The lowest BCUT2D eigenvalue weighted by molar-refractivity contribution is -0.155. The van der Waals surface area contributed by atoms with Gasteiger partial charge in [0, 0.05) is 24.8 Å². The molecule has 9 nitrogen and oxygen atoms in total. The molecule has 1 saturated heterocycles. The molecule has 0 aliphatic carbocycles. The van der Waals surface area contributed by atoms with Crippen molar-refractivity contribution in [3.63, 3.8) is 0 Å². The Kier molecular flexibility index (Phi) is 12.3. The van der Waals surface area contributed by atoms with Crippen LogP contribution in [0, 0.1) is 5.92 Å². The van der Waals surface area contributed by atoms with Gasteiger partial charge in [-0.25, -0.2) is 4.98 Å². The van der Waals surface area contributed by atoms with Crippen molar-refractivity contribution in [1.82, 2.24) is 20.1 Å². The number of nitrogens with zero attached hydrogens (tertiary/aromatic N) is 3. The average molecular weight is 509 g/mol. The zero-order valence-electron chi connectivity index (χ0n) is 21.5. The van der Waals surface area contributed by atoms with Crippen molar-refractivity contribution in [3.8, 4) is 0 Å². The lowest BCUT2D eigenvalue weighted by atomic mass is 9.96. The van der Waals surface area contributed by atoms with Crippen LogP contribution in [0.15, 0.2) is 5.38 Å². The molecule has 2 amide bonds. The molecule has 0 radical (unpaired) electrons. The number of aryl methyl sites for hydroxylation is 1. The molecule has 196 valence electrons. The van der Waals surface area contributed by atoms with Crippen molar-refractivity contribution in [2.75, 3.05) is 26.9 Å². The number of likely N-dealkylation sites (tertiary alicyclic amines) is 1. The quantitative estimate of drug-likeness (QED) is 0.234. The first kappa shape index (κ1) is 28.9. The predicted octanol–water partition coefficient (Wildman–Crippen LogP) is 3.03. The zero-order chi connectivity index (χ0) is 25.8. The van der Waals surface area contributed by atoms with Crippen molar-refractivity contribution in [1.29, 1.82) is 0 Å². The number of likely N-dealkylation sites (N-methyl/N-ethyl adjacent to an activating group) is 1. The molecule has 1 aromatic heterocycles. The van der Waals surface area contributed by atoms with Crippen molar-refractivity contribution in [2.45, 2.75) is 84.2 Å². The van der Waals surface area contributed by atoms with E-state index in [0.29, 0.717) is 44.2 Å². The number of aldehydes is 1. The Morgan fingerprint density at radius 3 is 2.74 bits per heavy atom. The van der Waals surface area contributed by atoms with Crippen molar-refractivity contribution in [3.05, 3.63) is 16.1 Å². The van der Waals surface area contributed by atoms with Crippen LogP contribution in [0.5, 0.6) is 0 Å². The fourth-order valence-corrected chi connectivity index (χ4v) is 4.90. The minimum atomic E-state index is -0.700. The van der Waals surface area contributed by atoms with Crippen molar-refractivity contribution < 1.29 is 23.9 Å². The van der Waals surface area contributed by atoms with E-state index in [1.54, 1.807) is 5.38 Å². The summed E-state index contributed by atoms with van der Waals surface area (Å²) in [7, 11) is 1.94. The molecule has 0 aromatic carbocycles. The molecule has 1 aliphatic heterocycles. The van der Waals surface area contributed by atoms with Gasteiger partial charge in [0.15, 0.2) is 13.0 Å². The smallest absolute Gasteiger partial charge is 0.307 e. The van der Waals surface area contributed by atoms with E-state index in [4.69, 9.17) is 4.74 Å². The highest BCUT2D eigenvalue weighted by Crippen LogP contribution is 2.18. The molecular formula is C25H40N4O5S. The molecular weight excluding hydrogens is 468 g/mol. The Bertz CT molecular complexity index is 846. The maximum atomic E-state index is 13.7. The van der Waals surface area contributed by atoms with Crippen LogP contribution < -0.4 is 5.32 Å². The molecule has 2 rings (SSSR count). The van der Waals surface area contributed by atoms with Crippen LogP contribution in [-0.2, 0) is 25.5 Å². The number of carbonyl (C=O) groups excluding carboxylic acids is 4. The average Bonchev–Trinajstić information content (AvgIpc) is 3.32. The first-order chi connectivity index (χ1) is 16.8. The third-order valence-electron chi connectivity index (χ3n) is 6.51. The minimum absolute atomic E-state index is 0.0803. The summed E-state index contributed by atoms with van der Waals surface area (Å²) in [5.41, 5.74) is 0.402. The molecule has 35 heavy (non-hydrogen) atoms. The molecule has 1 N–H and O–H groups in total. The second-order valence-corrected chi connectivity index (χ2v) is 10.2. The second kappa shape index (κ2) is 14.9. The van der Waals surface area contributed by atoms with E-state index in [1.165, 1.54) is 16.2 Å². The van der Waals surface area contributed by atoms with Gasteiger partial charge < -0.3 is 15.0 Å². The number of hydrogen-bond acceptors (Lipinski definition) is 8. The van der Waals surface area contributed by atoms with E-state index in [2.05, 4.69) is 10.3 Å². The monoisotopic (exact) mass is 508 g/mol. The summed E-state index contributed by atoms with van der Waals surface area (Å²) in [6, 6.07) is -0.940. The van der Waals surface area contributed by atoms with Gasteiger partial charge in [-0.15, -0.1) is 11.3 Å². The number of nitrogens with one attached hydrogen (secondary N) is 1. The number of ether oxygens (including phenoxy) is 1. The molecule has 1 fully saturated rings. The number of aromatic nitrogens is 1. The van der Waals surface area contributed by atoms with E-state index in [-0.39, 0.29) is 42.9 Å². The first-order valence-electron chi connectivity index (χ1n) is 12.6. The molecule has 1 aliphatic rings. The number of esters is 1. The highest BCUT2D eigenvalue weighted by molar-refractivity contribution is 7.09. The summed E-state index contributed by atoms with van der Waals surface area (Å²) in [6.45, 7) is 6.89. The van der Waals surface area contributed by atoms with Crippen LogP contribution in [0.4, 0.5) is 0 Å². The molecule has 0 spiro atoms. The lowest BCUT2D eigenvalue weighted by Gasteiger charge is -2.35. The first-order valence-corrected chi connectivity index (χ1v) is 13.5. The Morgan fingerprint density at radius 1 is 1.34 bits per heavy atom. The normalized spacial score (nSPS) is 17.9. The fourth-order valence-electron chi connectivity index (χ4n) is 4.12.